The second-order valence-corrected chi connectivity index (χ2v) is 7.52. The first-order chi connectivity index (χ1) is 14.1. The monoisotopic (exact) mass is 405 g/mol. The fourth-order valence-corrected chi connectivity index (χ4v) is 3.81. The Kier molecular flexibility index (Phi) is 5.39. The Balaban J connectivity index is 1.38. The number of fused-ring (bicyclic) bond motifs is 1. The maximum atomic E-state index is 12.5. The molecule has 0 saturated carbocycles. The molecule has 0 bridgehead atoms. The summed E-state index contributed by atoms with van der Waals surface area (Å²) in [4.78, 5) is 25.0. The van der Waals surface area contributed by atoms with Gasteiger partial charge in [-0.05, 0) is 60.9 Å². The van der Waals surface area contributed by atoms with Crippen LogP contribution in [0.5, 0.6) is 0 Å². The molecule has 4 rings (SSSR count). The number of carbonyl (C=O) groups is 2. The molecule has 0 aliphatic carbocycles. The zero-order valence-electron chi connectivity index (χ0n) is 15.7. The molecular formula is C22H19N3O3S. The Hall–Kier alpha value is -3.45. The van der Waals surface area contributed by atoms with E-state index in [1.54, 1.807) is 30.5 Å². The van der Waals surface area contributed by atoms with Gasteiger partial charge in [0.05, 0.1) is 11.0 Å². The first-order valence-electron chi connectivity index (χ1n) is 9.19. The van der Waals surface area contributed by atoms with Crippen molar-refractivity contribution in [3.05, 3.63) is 83.9 Å². The van der Waals surface area contributed by atoms with E-state index < -0.39 is 0 Å². The molecule has 2 N–H and O–H groups in total. The van der Waals surface area contributed by atoms with E-state index in [1.807, 2.05) is 43.3 Å². The number of nitrogens with zero attached hydrogens (tertiary/aromatic N) is 1. The molecule has 146 valence electrons. The van der Waals surface area contributed by atoms with Crippen LogP contribution in [0.1, 0.15) is 33.5 Å². The summed E-state index contributed by atoms with van der Waals surface area (Å²) in [5.74, 6) is 0.379. The summed E-state index contributed by atoms with van der Waals surface area (Å²) in [6.45, 7) is 1.92. The minimum Gasteiger partial charge on any atom is -0.469 e. The summed E-state index contributed by atoms with van der Waals surface area (Å²) < 4.78 is 10.5. The number of furan rings is 1. The number of aromatic nitrogens is 1. The molecular weight excluding hydrogens is 386 g/mol. The molecule has 1 unspecified atom stereocenters. The topological polar surface area (TPSA) is 84.2 Å². The van der Waals surface area contributed by atoms with Crippen LogP contribution in [0.25, 0.3) is 10.1 Å². The molecule has 7 heteroatoms. The van der Waals surface area contributed by atoms with Crippen LogP contribution in [0.15, 0.2) is 71.3 Å². The molecule has 0 aliphatic rings. The second kappa shape index (κ2) is 8.28. The predicted octanol–water partition coefficient (Wildman–Crippen LogP) is 4.50. The van der Waals surface area contributed by atoms with Gasteiger partial charge in [0.1, 0.15) is 11.5 Å². The van der Waals surface area contributed by atoms with Crippen LogP contribution in [0, 0.1) is 0 Å². The molecule has 6 nitrogen and oxygen atoms in total. The van der Waals surface area contributed by atoms with E-state index in [9.17, 15) is 9.59 Å². The van der Waals surface area contributed by atoms with Crippen molar-refractivity contribution in [1.29, 1.82) is 0 Å². The van der Waals surface area contributed by atoms with Gasteiger partial charge in [0.25, 0.3) is 11.8 Å². The fraction of sp³-hybridized carbons (Fsp3) is 0.136. The van der Waals surface area contributed by atoms with Gasteiger partial charge in [-0.1, -0.05) is 18.2 Å². The lowest BCUT2D eigenvalue weighted by Gasteiger charge is -2.13. The van der Waals surface area contributed by atoms with Crippen molar-refractivity contribution in [2.45, 2.75) is 19.4 Å². The third-order valence-electron chi connectivity index (χ3n) is 4.46. The molecule has 0 fully saturated rings. The maximum absolute atomic E-state index is 12.5. The van der Waals surface area contributed by atoms with E-state index in [4.69, 9.17) is 4.42 Å². The molecule has 2 heterocycles. The summed E-state index contributed by atoms with van der Waals surface area (Å²) in [6, 6.07) is 18.0. The van der Waals surface area contributed by atoms with Gasteiger partial charge in [0.15, 0.2) is 0 Å². The molecule has 0 saturated heterocycles. The third-order valence-corrected chi connectivity index (χ3v) is 5.29. The Bertz CT molecular complexity index is 1130. The van der Waals surface area contributed by atoms with Crippen LogP contribution in [0.4, 0.5) is 5.69 Å². The highest BCUT2D eigenvalue weighted by Gasteiger charge is 2.15. The van der Waals surface area contributed by atoms with Gasteiger partial charge in [-0.2, -0.15) is 4.37 Å². The normalized spacial score (nSPS) is 11.9. The summed E-state index contributed by atoms with van der Waals surface area (Å²) >= 11 is 1.30. The standard InChI is InChI=1S/C22H19N3O3S/c1-14(13-17-5-4-12-28-17)23-21(26)15-8-10-16(11-9-15)24-22(27)20-18-6-2-3-7-19(18)29-25-20/h2-12,14H,13H2,1H3,(H,23,26)(H,24,27). The Labute approximate surface area is 171 Å². The van der Waals surface area contributed by atoms with Gasteiger partial charge in [0.2, 0.25) is 0 Å². The van der Waals surface area contributed by atoms with Crippen molar-refractivity contribution in [2.75, 3.05) is 5.32 Å². The van der Waals surface area contributed by atoms with Gasteiger partial charge in [0, 0.05) is 29.1 Å². The predicted molar refractivity (Wildman–Crippen MR) is 113 cm³/mol. The lowest BCUT2D eigenvalue weighted by molar-refractivity contribution is 0.0938. The van der Waals surface area contributed by atoms with Gasteiger partial charge in [-0.25, -0.2) is 0 Å². The van der Waals surface area contributed by atoms with Crippen molar-refractivity contribution in [1.82, 2.24) is 9.69 Å². The first kappa shape index (κ1) is 18.9. The molecule has 1 atom stereocenters. The van der Waals surface area contributed by atoms with Gasteiger partial charge in [-0.15, -0.1) is 0 Å². The summed E-state index contributed by atoms with van der Waals surface area (Å²) in [6.07, 6.45) is 2.24. The lowest BCUT2D eigenvalue weighted by atomic mass is 10.1. The van der Waals surface area contributed by atoms with Gasteiger partial charge in [-0.3, -0.25) is 9.59 Å². The number of nitrogens with one attached hydrogen (secondary N) is 2. The fourth-order valence-electron chi connectivity index (χ4n) is 3.03. The van der Waals surface area contributed by atoms with Gasteiger partial charge < -0.3 is 15.1 Å². The van der Waals surface area contributed by atoms with E-state index in [-0.39, 0.29) is 17.9 Å². The molecule has 0 radical (unpaired) electrons. The highest BCUT2D eigenvalue weighted by Crippen LogP contribution is 2.23. The van der Waals surface area contributed by atoms with Crippen LogP contribution in [0.2, 0.25) is 0 Å². The van der Waals surface area contributed by atoms with Gasteiger partial charge >= 0.3 is 0 Å². The third kappa shape index (κ3) is 4.35. The summed E-state index contributed by atoms with van der Waals surface area (Å²) in [5, 5.41) is 6.61. The average Bonchev–Trinajstić information content (AvgIpc) is 3.38. The van der Waals surface area contributed by atoms with E-state index in [0.717, 1.165) is 15.8 Å². The summed E-state index contributed by atoms with van der Waals surface area (Å²) in [5.41, 5.74) is 1.53. The van der Waals surface area contributed by atoms with E-state index in [0.29, 0.717) is 23.4 Å². The number of anilines is 1. The molecule has 2 aromatic heterocycles. The largest absolute Gasteiger partial charge is 0.469 e. The Morgan fingerprint density at radius 3 is 2.59 bits per heavy atom. The minimum atomic E-state index is -0.272. The Morgan fingerprint density at radius 2 is 1.83 bits per heavy atom. The zero-order chi connectivity index (χ0) is 20.2. The number of benzene rings is 2. The van der Waals surface area contributed by atoms with E-state index in [1.165, 1.54) is 11.5 Å². The number of carbonyl (C=O) groups excluding carboxylic acids is 2. The van der Waals surface area contributed by atoms with E-state index in [2.05, 4.69) is 15.0 Å². The minimum absolute atomic E-state index is 0.0639. The number of rotatable bonds is 6. The van der Waals surface area contributed by atoms with Crippen LogP contribution in [0.3, 0.4) is 0 Å². The van der Waals surface area contributed by atoms with Crippen LogP contribution < -0.4 is 10.6 Å². The van der Waals surface area contributed by atoms with Crippen molar-refractivity contribution >= 4 is 39.1 Å². The van der Waals surface area contributed by atoms with Crippen molar-refractivity contribution in [2.24, 2.45) is 0 Å². The lowest BCUT2D eigenvalue weighted by Crippen LogP contribution is -2.33. The van der Waals surface area contributed by atoms with Crippen molar-refractivity contribution in [3.63, 3.8) is 0 Å². The summed E-state index contributed by atoms with van der Waals surface area (Å²) in [7, 11) is 0. The Morgan fingerprint density at radius 1 is 1.03 bits per heavy atom. The van der Waals surface area contributed by atoms with E-state index >= 15 is 0 Å². The molecule has 2 aromatic carbocycles. The first-order valence-corrected chi connectivity index (χ1v) is 9.96. The van der Waals surface area contributed by atoms with Crippen LogP contribution >= 0.6 is 11.5 Å². The maximum Gasteiger partial charge on any atom is 0.276 e. The van der Waals surface area contributed by atoms with Crippen molar-refractivity contribution in [3.8, 4) is 0 Å². The molecule has 0 spiro atoms. The quantitative estimate of drug-likeness (QED) is 0.495. The average molecular weight is 405 g/mol. The molecule has 0 aliphatic heterocycles. The SMILES string of the molecule is CC(Cc1ccco1)NC(=O)c1ccc(NC(=O)c2nsc3ccccc23)cc1. The molecule has 29 heavy (non-hydrogen) atoms. The highest BCUT2D eigenvalue weighted by atomic mass is 32.1. The molecule has 2 amide bonds. The van der Waals surface area contributed by atoms with Crippen LogP contribution in [-0.2, 0) is 6.42 Å². The highest BCUT2D eigenvalue weighted by molar-refractivity contribution is 7.13. The second-order valence-electron chi connectivity index (χ2n) is 6.72. The molecule has 4 aromatic rings. The number of hydrogen-bond acceptors (Lipinski definition) is 5. The smallest absolute Gasteiger partial charge is 0.276 e. The number of amides is 2. The number of hydrogen-bond donors (Lipinski definition) is 2. The van der Waals surface area contributed by atoms with Crippen molar-refractivity contribution < 1.29 is 14.0 Å². The van der Waals surface area contributed by atoms with Crippen LogP contribution in [-0.4, -0.2) is 22.2 Å². The zero-order valence-corrected chi connectivity index (χ0v) is 16.5.